The third kappa shape index (κ3) is 2.76. The minimum Gasteiger partial charge on any atom is -0.380 e. The van der Waals surface area contributed by atoms with Gasteiger partial charge in [0.2, 0.25) is 5.95 Å². The Bertz CT molecular complexity index is 1240. The molecule has 1 aliphatic carbocycles. The molecule has 9 nitrogen and oxygen atoms in total. The predicted molar refractivity (Wildman–Crippen MR) is 112 cm³/mol. The number of aryl methyl sites for hydroxylation is 2. The molecular weight excluding hydrogens is 380 g/mol. The van der Waals surface area contributed by atoms with Crippen LogP contribution in [-0.4, -0.2) is 47.6 Å². The van der Waals surface area contributed by atoms with Gasteiger partial charge in [-0.15, -0.1) is 0 Å². The second kappa shape index (κ2) is 6.46. The number of nitrogens with zero attached hydrogens (tertiary/aromatic N) is 7. The number of hydrogen-bond donors (Lipinski definition) is 1. The van der Waals surface area contributed by atoms with Gasteiger partial charge in [-0.25, -0.2) is 19.2 Å². The van der Waals surface area contributed by atoms with Gasteiger partial charge in [-0.2, -0.15) is 15.2 Å². The first-order valence-electron chi connectivity index (χ1n) is 10.5. The van der Waals surface area contributed by atoms with Crippen molar-refractivity contribution in [1.29, 1.82) is 0 Å². The van der Waals surface area contributed by atoms with E-state index < -0.39 is 0 Å². The molecule has 0 unspecified atom stereocenters. The summed E-state index contributed by atoms with van der Waals surface area (Å²) in [5.41, 5.74) is 5.08. The molecule has 0 radical (unpaired) electrons. The fraction of sp³-hybridized carbons (Fsp3) is 0.476. The first-order chi connectivity index (χ1) is 14.6. The van der Waals surface area contributed by atoms with Crippen LogP contribution in [0.15, 0.2) is 24.8 Å². The minimum atomic E-state index is 0.378. The molecule has 4 aromatic rings. The zero-order valence-electron chi connectivity index (χ0n) is 17.2. The monoisotopic (exact) mass is 404 g/mol. The van der Waals surface area contributed by atoms with Crippen molar-refractivity contribution in [2.75, 3.05) is 18.5 Å². The topological polar surface area (TPSA) is 95.1 Å². The molecule has 6 rings (SSSR count). The van der Waals surface area contributed by atoms with Crippen molar-refractivity contribution >= 4 is 28.3 Å². The molecule has 2 fully saturated rings. The van der Waals surface area contributed by atoms with E-state index in [0.29, 0.717) is 17.4 Å². The normalized spacial score (nSPS) is 18.9. The molecule has 4 aromatic heterocycles. The summed E-state index contributed by atoms with van der Waals surface area (Å²) in [5.74, 6) is 0.561. The Kier molecular flexibility index (Phi) is 3.83. The lowest BCUT2D eigenvalue weighted by atomic mass is 9.71. The Morgan fingerprint density at radius 3 is 2.77 bits per heavy atom. The lowest BCUT2D eigenvalue weighted by Gasteiger charge is -2.46. The zero-order chi connectivity index (χ0) is 20.3. The summed E-state index contributed by atoms with van der Waals surface area (Å²) in [6.45, 7) is 5.91. The standard InChI is InChI=1S/C21H24N8O/c1-13-7-18-23-12-24-28(18)9-17(13)25-20-22-8-16-14(2)27-29(19(16)26-20)15-3-5-21(6-4-15)10-30-11-21/h7-9,12,15H,3-6,10-11H2,1-2H3,(H,22,25,26). The van der Waals surface area contributed by atoms with Gasteiger partial charge in [0.05, 0.1) is 42.2 Å². The van der Waals surface area contributed by atoms with Gasteiger partial charge in [0.1, 0.15) is 6.33 Å². The molecule has 2 aliphatic rings. The van der Waals surface area contributed by atoms with Gasteiger partial charge in [-0.3, -0.25) is 0 Å². The van der Waals surface area contributed by atoms with E-state index in [1.165, 1.54) is 12.8 Å². The Morgan fingerprint density at radius 1 is 1.17 bits per heavy atom. The number of anilines is 2. The third-order valence-corrected chi connectivity index (χ3v) is 6.68. The number of ether oxygens (including phenoxy) is 1. The first-order valence-corrected chi connectivity index (χ1v) is 10.5. The molecule has 1 saturated heterocycles. The average Bonchev–Trinajstić information content (AvgIpc) is 3.31. The third-order valence-electron chi connectivity index (χ3n) is 6.68. The fourth-order valence-electron chi connectivity index (χ4n) is 4.73. The van der Waals surface area contributed by atoms with Crippen LogP contribution in [0.1, 0.15) is 43.0 Å². The first kappa shape index (κ1) is 17.8. The predicted octanol–water partition coefficient (Wildman–Crippen LogP) is 3.36. The quantitative estimate of drug-likeness (QED) is 0.559. The van der Waals surface area contributed by atoms with E-state index in [9.17, 15) is 0 Å². The second-order valence-electron chi connectivity index (χ2n) is 8.74. The van der Waals surface area contributed by atoms with Crippen molar-refractivity contribution < 1.29 is 4.74 Å². The summed E-state index contributed by atoms with van der Waals surface area (Å²) in [4.78, 5) is 13.6. The Hall–Kier alpha value is -3.07. The van der Waals surface area contributed by atoms with Crippen LogP contribution in [0.3, 0.4) is 0 Å². The van der Waals surface area contributed by atoms with E-state index in [4.69, 9.17) is 14.8 Å². The van der Waals surface area contributed by atoms with Crippen LogP contribution in [0.25, 0.3) is 16.7 Å². The molecule has 1 aliphatic heterocycles. The van der Waals surface area contributed by atoms with Gasteiger partial charge in [0, 0.05) is 11.6 Å². The highest BCUT2D eigenvalue weighted by Gasteiger charge is 2.42. The summed E-state index contributed by atoms with van der Waals surface area (Å²) in [6.07, 6.45) is 9.97. The molecule has 1 saturated carbocycles. The highest BCUT2D eigenvalue weighted by molar-refractivity contribution is 5.79. The molecule has 1 N–H and O–H groups in total. The molecule has 9 heteroatoms. The smallest absolute Gasteiger partial charge is 0.229 e. The van der Waals surface area contributed by atoms with Gasteiger partial charge >= 0.3 is 0 Å². The van der Waals surface area contributed by atoms with Crippen LogP contribution in [0.2, 0.25) is 0 Å². The lowest BCUT2D eigenvalue weighted by Crippen LogP contribution is -2.45. The van der Waals surface area contributed by atoms with Crippen molar-refractivity contribution in [2.24, 2.45) is 5.41 Å². The van der Waals surface area contributed by atoms with E-state index in [1.54, 1.807) is 10.8 Å². The summed E-state index contributed by atoms with van der Waals surface area (Å²) in [5, 5.41) is 13.4. The molecule has 30 heavy (non-hydrogen) atoms. The van der Waals surface area contributed by atoms with Gasteiger partial charge in [0.15, 0.2) is 11.3 Å². The maximum Gasteiger partial charge on any atom is 0.229 e. The van der Waals surface area contributed by atoms with Crippen LogP contribution < -0.4 is 5.32 Å². The molecule has 5 heterocycles. The SMILES string of the molecule is Cc1cc2ncnn2cc1Nc1ncc2c(C)nn(C3CCC4(CC3)COC4)c2n1. The molecule has 1 spiro atoms. The van der Waals surface area contributed by atoms with Gasteiger partial charge in [-0.1, -0.05) is 0 Å². The number of rotatable bonds is 3. The lowest BCUT2D eigenvalue weighted by molar-refractivity contribution is -0.135. The summed E-state index contributed by atoms with van der Waals surface area (Å²) >= 11 is 0. The van der Waals surface area contributed by atoms with Crippen molar-refractivity contribution in [1.82, 2.24) is 34.3 Å². The van der Waals surface area contributed by atoms with Crippen LogP contribution >= 0.6 is 0 Å². The van der Waals surface area contributed by atoms with E-state index in [-0.39, 0.29) is 0 Å². The summed E-state index contributed by atoms with van der Waals surface area (Å²) < 4.78 is 9.34. The number of aromatic nitrogens is 7. The molecular formula is C21H24N8O. The van der Waals surface area contributed by atoms with Gasteiger partial charge in [0.25, 0.3) is 0 Å². The van der Waals surface area contributed by atoms with E-state index in [2.05, 4.69) is 25.1 Å². The largest absolute Gasteiger partial charge is 0.380 e. The van der Waals surface area contributed by atoms with Gasteiger partial charge < -0.3 is 10.1 Å². The van der Waals surface area contributed by atoms with E-state index in [0.717, 1.165) is 59.7 Å². The summed E-state index contributed by atoms with van der Waals surface area (Å²) in [7, 11) is 0. The van der Waals surface area contributed by atoms with E-state index in [1.807, 2.05) is 32.3 Å². The van der Waals surface area contributed by atoms with Crippen molar-refractivity contribution in [3.05, 3.63) is 36.0 Å². The summed E-state index contributed by atoms with van der Waals surface area (Å²) in [6, 6.07) is 2.37. The van der Waals surface area contributed by atoms with Crippen molar-refractivity contribution in [2.45, 2.75) is 45.6 Å². The van der Waals surface area contributed by atoms with Crippen molar-refractivity contribution in [3.8, 4) is 0 Å². The maximum absolute atomic E-state index is 5.47. The molecule has 0 atom stereocenters. The fourth-order valence-corrected chi connectivity index (χ4v) is 4.73. The van der Waals surface area contributed by atoms with Crippen LogP contribution in [0, 0.1) is 19.3 Å². The molecule has 154 valence electrons. The molecule has 0 amide bonds. The zero-order valence-corrected chi connectivity index (χ0v) is 17.2. The van der Waals surface area contributed by atoms with Gasteiger partial charge in [-0.05, 0) is 51.2 Å². The second-order valence-corrected chi connectivity index (χ2v) is 8.74. The minimum absolute atomic E-state index is 0.378. The van der Waals surface area contributed by atoms with Crippen LogP contribution in [0.5, 0.6) is 0 Å². The average molecular weight is 404 g/mol. The van der Waals surface area contributed by atoms with E-state index >= 15 is 0 Å². The number of pyridine rings is 1. The van der Waals surface area contributed by atoms with Crippen LogP contribution in [-0.2, 0) is 4.74 Å². The molecule has 0 bridgehead atoms. The number of fused-ring (bicyclic) bond motifs is 2. The number of nitrogens with one attached hydrogen (secondary N) is 1. The molecule has 0 aromatic carbocycles. The maximum atomic E-state index is 5.47. The highest BCUT2D eigenvalue weighted by atomic mass is 16.5. The Balaban J connectivity index is 1.33. The Labute approximate surface area is 173 Å². The highest BCUT2D eigenvalue weighted by Crippen LogP contribution is 2.46. The van der Waals surface area contributed by atoms with Crippen molar-refractivity contribution in [3.63, 3.8) is 0 Å². The van der Waals surface area contributed by atoms with Crippen LogP contribution in [0.4, 0.5) is 11.6 Å². The Morgan fingerprint density at radius 2 is 2.00 bits per heavy atom. The number of hydrogen-bond acceptors (Lipinski definition) is 7.